The summed E-state index contributed by atoms with van der Waals surface area (Å²) in [6, 6.07) is 2.26. The van der Waals surface area contributed by atoms with E-state index in [1.807, 2.05) is 0 Å². The summed E-state index contributed by atoms with van der Waals surface area (Å²) in [5, 5.41) is 24.7. The van der Waals surface area contributed by atoms with Gasteiger partial charge in [-0.2, -0.15) is 0 Å². The molecule has 2 heterocycles. The molecule has 1 aromatic rings. The first-order chi connectivity index (χ1) is 16.6. The van der Waals surface area contributed by atoms with Crippen LogP contribution in [-0.4, -0.2) is 102 Å². The van der Waals surface area contributed by atoms with Gasteiger partial charge in [0.25, 0.3) is 0 Å². The van der Waals surface area contributed by atoms with Crippen LogP contribution in [0.5, 0.6) is 5.75 Å². The molecule has 0 aromatic heterocycles. The number of methoxy groups -OCH3 is 1. The van der Waals surface area contributed by atoms with Gasteiger partial charge in [0.05, 0.1) is 17.6 Å². The molecule has 1 saturated heterocycles. The van der Waals surface area contributed by atoms with Crippen LogP contribution in [-0.2, 0) is 25.5 Å². The number of benzene rings is 1. The first-order valence-corrected chi connectivity index (χ1v) is 11.0. The van der Waals surface area contributed by atoms with Crippen LogP contribution >= 0.6 is 0 Å². The molecule has 3 atom stereocenters. The maximum absolute atomic E-state index is 13.1. The van der Waals surface area contributed by atoms with Gasteiger partial charge in [-0.3, -0.25) is 19.3 Å². The summed E-state index contributed by atoms with van der Waals surface area (Å²) in [4.78, 5) is 63.7. The summed E-state index contributed by atoms with van der Waals surface area (Å²) in [5.41, 5.74) is 0.352. The van der Waals surface area contributed by atoms with Gasteiger partial charge in [0, 0.05) is 26.7 Å². The summed E-state index contributed by atoms with van der Waals surface area (Å²) in [6.45, 7) is 3.71. The topological polar surface area (TPSA) is 175 Å². The molecule has 1 fully saturated rings. The van der Waals surface area contributed by atoms with Gasteiger partial charge in [-0.15, -0.1) is 0 Å². The first-order valence-electron chi connectivity index (χ1n) is 11.0. The monoisotopic (exact) mass is 490 g/mol. The highest BCUT2D eigenvalue weighted by Crippen LogP contribution is 2.30. The molecule has 5 amide bonds. The number of ether oxygens (including phenoxy) is 1. The second-order valence-electron chi connectivity index (χ2n) is 8.14. The molecule has 3 rings (SSSR count). The van der Waals surface area contributed by atoms with Crippen LogP contribution in [0.1, 0.15) is 29.8 Å². The van der Waals surface area contributed by atoms with E-state index >= 15 is 0 Å². The summed E-state index contributed by atoms with van der Waals surface area (Å²) < 4.78 is 10.6. The fourth-order valence-electron chi connectivity index (χ4n) is 3.90. The molecule has 188 valence electrons. The Morgan fingerprint density at radius 3 is 2.60 bits per heavy atom. The lowest BCUT2D eigenvalue weighted by molar-refractivity contribution is -0.153. The number of carbonyl (C=O) groups excluding carboxylic acids is 4. The van der Waals surface area contributed by atoms with E-state index in [9.17, 15) is 34.1 Å². The van der Waals surface area contributed by atoms with Gasteiger partial charge in [0.1, 0.15) is 11.8 Å². The maximum atomic E-state index is 13.1. The molecule has 0 unspecified atom stereocenters. The minimum absolute atomic E-state index is 0.0162. The van der Waals surface area contributed by atoms with E-state index in [1.165, 1.54) is 31.1 Å². The standard InChI is InChI=1S/C21H27BN4O9/c1-4-25-8-9-26(19(29)18(25)28)21(32)24-15(11(2)34-3)17(27)23-14-10-12-6-5-7-13(20(30)31)16(12)35-22(14)33/h5-7,11,14-15,33H,4,8-10H2,1-3H3,(H,23,27)(H,24,32)(H,30,31)/t11-,14-,15+/m0/s1. The maximum Gasteiger partial charge on any atom is 0.547 e. The summed E-state index contributed by atoms with van der Waals surface area (Å²) in [5.74, 6) is -4.70. The molecule has 0 spiro atoms. The van der Waals surface area contributed by atoms with Gasteiger partial charge >= 0.3 is 30.9 Å². The molecule has 0 bridgehead atoms. The Labute approximate surface area is 201 Å². The van der Waals surface area contributed by atoms with Crippen molar-refractivity contribution >= 4 is 36.8 Å². The normalized spacial score (nSPS) is 19.4. The SMILES string of the molecule is CCN1CCN(C(=O)N[C@@H](C(=O)N[C@H]2Cc3cccc(C(=O)O)c3OB2O)[C@H](C)OC)C(=O)C1=O. The van der Waals surface area contributed by atoms with Gasteiger partial charge < -0.3 is 35.1 Å². The van der Waals surface area contributed by atoms with Crippen LogP contribution in [0.3, 0.4) is 0 Å². The number of rotatable bonds is 7. The number of nitrogens with zero attached hydrogens (tertiary/aromatic N) is 2. The van der Waals surface area contributed by atoms with Crippen molar-refractivity contribution in [1.82, 2.24) is 20.4 Å². The van der Waals surface area contributed by atoms with Crippen molar-refractivity contribution in [3.63, 3.8) is 0 Å². The predicted molar refractivity (Wildman–Crippen MR) is 120 cm³/mol. The van der Waals surface area contributed by atoms with Gasteiger partial charge in [0.15, 0.2) is 0 Å². The smallest absolute Gasteiger partial charge is 0.534 e. The Bertz CT molecular complexity index is 1040. The third kappa shape index (κ3) is 5.38. The number of fused-ring (bicyclic) bond motifs is 1. The van der Waals surface area contributed by atoms with E-state index in [0.717, 1.165) is 4.90 Å². The summed E-state index contributed by atoms with van der Waals surface area (Å²) in [6.07, 6.45) is -0.772. The van der Waals surface area contributed by atoms with Gasteiger partial charge in [0.2, 0.25) is 5.91 Å². The number of amides is 5. The highest BCUT2D eigenvalue weighted by atomic mass is 16.5. The fourth-order valence-corrected chi connectivity index (χ4v) is 3.90. The first kappa shape index (κ1) is 26.0. The fraction of sp³-hybridized carbons (Fsp3) is 0.476. The Morgan fingerprint density at radius 2 is 1.97 bits per heavy atom. The van der Waals surface area contributed by atoms with Crippen LogP contribution < -0.4 is 15.3 Å². The van der Waals surface area contributed by atoms with Crippen molar-refractivity contribution in [3.05, 3.63) is 29.3 Å². The Hall–Kier alpha value is -3.65. The minimum Gasteiger partial charge on any atom is -0.534 e. The van der Waals surface area contributed by atoms with Crippen LogP contribution in [0.15, 0.2) is 18.2 Å². The van der Waals surface area contributed by atoms with E-state index in [2.05, 4.69) is 10.6 Å². The number of carboxylic acid groups (broad SMARTS) is 1. The zero-order chi connectivity index (χ0) is 25.9. The van der Waals surface area contributed by atoms with E-state index in [-0.39, 0.29) is 30.8 Å². The summed E-state index contributed by atoms with van der Waals surface area (Å²) in [7, 11) is -0.226. The second kappa shape index (κ2) is 10.7. The van der Waals surface area contributed by atoms with Crippen LogP contribution in [0.2, 0.25) is 0 Å². The largest absolute Gasteiger partial charge is 0.547 e. The molecular weight excluding hydrogens is 463 g/mol. The zero-order valence-corrected chi connectivity index (χ0v) is 19.5. The number of urea groups is 1. The number of piperazine rings is 1. The van der Waals surface area contributed by atoms with E-state index in [4.69, 9.17) is 9.39 Å². The number of hydrogen-bond acceptors (Lipinski definition) is 8. The van der Waals surface area contributed by atoms with E-state index < -0.39 is 54.9 Å². The average Bonchev–Trinajstić information content (AvgIpc) is 2.83. The molecule has 0 saturated carbocycles. The number of para-hydroxylation sites is 1. The Morgan fingerprint density at radius 1 is 1.26 bits per heavy atom. The highest BCUT2D eigenvalue weighted by molar-refractivity contribution is 6.47. The van der Waals surface area contributed by atoms with E-state index in [0.29, 0.717) is 12.1 Å². The number of nitrogens with one attached hydrogen (secondary N) is 2. The zero-order valence-electron chi connectivity index (χ0n) is 19.5. The Balaban J connectivity index is 1.72. The van der Waals surface area contributed by atoms with Crippen molar-refractivity contribution in [2.24, 2.45) is 0 Å². The van der Waals surface area contributed by atoms with E-state index in [1.54, 1.807) is 13.0 Å². The molecule has 2 aliphatic rings. The number of aromatic carboxylic acids is 1. The Kier molecular flexibility index (Phi) is 7.97. The van der Waals surface area contributed by atoms with Crippen molar-refractivity contribution in [3.8, 4) is 5.75 Å². The number of carboxylic acids is 1. The van der Waals surface area contributed by atoms with Crippen LogP contribution in [0.25, 0.3) is 0 Å². The molecule has 35 heavy (non-hydrogen) atoms. The highest BCUT2D eigenvalue weighted by Gasteiger charge is 2.41. The number of likely N-dealkylation sites (N-methyl/N-ethyl adjacent to an activating group) is 1. The number of carbonyl (C=O) groups is 5. The minimum atomic E-state index is -1.55. The summed E-state index contributed by atoms with van der Waals surface area (Å²) >= 11 is 0. The molecule has 14 heteroatoms. The molecular formula is C21H27BN4O9. The average molecular weight is 490 g/mol. The third-order valence-electron chi connectivity index (χ3n) is 6.02. The van der Waals surface area contributed by atoms with Crippen molar-refractivity contribution in [2.45, 2.75) is 38.4 Å². The third-order valence-corrected chi connectivity index (χ3v) is 6.02. The molecule has 0 radical (unpaired) electrons. The van der Waals surface area contributed by atoms with Crippen molar-refractivity contribution < 1.29 is 43.5 Å². The van der Waals surface area contributed by atoms with Crippen LogP contribution in [0, 0.1) is 0 Å². The lowest BCUT2D eigenvalue weighted by Gasteiger charge is -2.34. The second-order valence-corrected chi connectivity index (χ2v) is 8.14. The molecule has 0 aliphatic carbocycles. The molecule has 2 aliphatic heterocycles. The molecule has 13 nitrogen and oxygen atoms in total. The van der Waals surface area contributed by atoms with Gasteiger partial charge in [-0.25, -0.2) is 9.59 Å². The predicted octanol–water partition coefficient (Wildman–Crippen LogP) is -1.37. The quantitative estimate of drug-likeness (QED) is 0.265. The van der Waals surface area contributed by atoms with Crippen molar-refractivity contribution in [1.29, 1.82) is 0 Å². The van der Waals surface area contributed by atoms with Crippen LogP contribution in [0.4, 0.5) is 4.79 Å². The molecule has 1 aromatic carbocycles. The van der Waals surface area contributed by atoms with Crippen molar-refractivity contribution in [2.75, 3.05) is 26.7 Å². The van der Waals surface area contributed by atoms with Gasteiger partial charge in [-0.1, -0.05) is 12.1 Å². The number of imide groups is 1. The lowest BCUT2D eigenvalue weighted by atomic mass is 9.72. The lowest BCUT2D eigenvalue weighted by Crippen LogP contribution is -2.63. The molecule has 4 N–H and O–H groups in total. The van der Waals surface area contributed by atoms with Gasteiger partial charge in [-0.05, 0) is 31.9 Å². The number of hydrogen-bond donors (Lipinski definition) is 4.